The van der Waals surface area contributed by atoms with E-state index in [1.807, 2.05) is 16.7 Å². The molecule has 92 valence electrons. The molecule has 0 fully saturated rings. The minimum Gasteiger partial charge on any atom is -0.369 e. The summed E-state index contributed by atoms with van der Waals surface area (Å²) in [4.78, 5) is 9.33. The van der Waals surface area contributed by atoms with Crippen LogP contribution in [0.2, 0.25) is 9.36 Å². The van der Waals surface area contributed by atoms with Crippen LogP contribution in [0.1, 0.15) is 4.88 Å². The molecule has 4 nitrogen and oxygen atoms in total. The fourth-order valence-electron chi connectivity index (χ4n) is 1.82. The highest BCUT2D eigenvalue weighted by Gasteiger charge is 2.12. The van der Waals surface area contributed by atoms with Crippen LogP contribution in [0, 0.1) is 0 Å². The molecule has 0 saturated heterocycles. The van der Waals surface area contributed by atoms with Crippen LogP contribution in [-0.2, 0) is 6.54 Å². The molecule has 0 unspecified atom stereocenters. The van der Waals surface area contributed by atoms with E-state index in [2.05, 4.69) is 9.97 Å². The molecule has 3 aromatic rings. The summed E-state index contributed by atoms with van der Waals surface area (Å²) in [6, 6.07) is 3.83. The number of imidazole rings is 1. The lowest BCUT2D eigenvalue weighted by Gasteiger charge is -2.05. The Labute approximate surface area is 117 Å². The van der Waals surface area contributed by atoms with Gasteiger partial charge in [0.25, 0.3) is 0 Å². The molecule has 0 saturated carbocycles. The van der Waals surface area contributed by atoms with Crippen LogP contribution in [0.3, 0.4) is 0 Å². The number of hydrogen-bond acceptors (Lipinski definition) is 4. The standard InChI is InChI=1S/C11H8Cl2N4S/c12-7-3-15-4-8-10(7)17(11(14)16-8)5-6-1-2-9(13)18-6/h1-4H,5H2,(H2,14,16). The summed E-state index contributed by atoms with van der Waals surface area (Å²) in [5.74, 6) is 0.421. The van der Waals surface area contributed by atoms with Gasteiger partial charge in [-0.25, -0.2) is 4.98 Å². The van der Waals surface area contributed by atoms with Crippen molar-refractivity contribution in [3.8, 4) is 0 Å². The monoisotopic (exact) mass is 298 g/mol. The first-order valence-corrected chi connectivity index (χ1v) is 6.72. The topological polar surface area (TPSA) is 56.7 Å². The highest BCUT2D eigenvalue weighted by atomic mass is 35.5. The minimum atomic E-state index is 0.421. The van der Waals surface area contributed by atoms with Crippen LogP contribution in [-0.4, -0.2) is 14.5 Å². The Kier molecular flexibility index (Phi) is 2.89. The van der Waals surface area contributed by atoms with Crippen molar-refractivity contribution in [1.82, 2.24) is 14.5 Å². The van der Waals surface area contributed by atoms with Crippen molar-refractivity contribution in [2.24, 2.45) is 0 Å². The van der Waals surface area contributed by atoms with E-state index < -0.39 is 0 Å². The molecule has 0 spiro atoms. The van der Waals surface area contributed by atoms with Crippen LogP contribution >= 0.6 is 34.5 Å². The zero-order valence-corrected chi connectivity index (χ0v) is 11.4. The number of rotatable bonds is 2. The van der Waals surface area contributed by atoms with Gasteiger partial charge in [-0.1, -0.05) is 23.2 Å². The number of hydrogen-bond donors (Lipinski definition) is 1. The second-order valence-electron chi connectivity index (χ2n) is 3.75. The maximum atomic E-state index is 6.15. The highest BCUT2D eigenvalue weighted by Crippen LogP contribution is 2.28. The quantitative estimate of drug-likeness (QED) is 0.788. The molecule has 18 heavy (non-hydrogen) atoms. The van der Waals surface area contributed by atoms with Crippen molar-refractivity contribution in [3.63, 3.8) is 0 Å². The normalized spacial score (nSPS) is 11.2. The predicted octanol–water partition coefficient (Wildman–Crippen LogP) is 3.43. The number of thiophene rings is 1. The lowest BCUT2D eigenvalue weighted by Crippen LogP contribution is -2.03. The number of pyridine rings is 1. The molecule has 0 aromatic carbocycles. The molecule has 3 rings (SSSR count). The predicted molar refractivity (Wildman–Crippen MR) is 75.4 cm³/mol. The van der Waals surface area contributed by atoms with Crippen LogP contribution in [0.4, 0.5) is 5.95 Å². The fraction of sp³-hybridized carbons (Fsp3) is 0.0909. The van der Waals surface area contributed by atoms with Gasteiger partial charge in [0.1, 0.15) is 5.52 Å². The zero-order chi connectivity index (χ0) is 12.7. The molecular formula is C11H8Cl2N4S. The molecule has 0 amide bonds. The van der Waals surface area contributed by atoms with E-state index in [4.69, 9.17) is 28.9 Å². The van der Waals surface area contributed by atoms with Gasteiger partial charge in [-0.15, -0.1) is 11.3 Å². The van der Waals surface area contributed by atoms with Gasteiger partial charge in [0.15, 0.2) is 0 Å². The number of nitrogens with two attached hydrogens (primary N) is 1. The molecule has 0 atom stereocenters. The first-order chi connectivity index (χ1) is 8.65. The number of anilines is 1. The Bertz CT molecular complexity index is 719. The van der Waals surface area contributed by atoms with E-state index in [1.165, 1.54) is 11.3 Å². The van der Waals surface area contributed by atoms with E-state index in [0.29, 0.717) is 23.0 Å². The third kappa shape index (κ3) is 1.94. The average molecular weight is 299 g/mol. The van der Waals surface area contributed by atoms with Crippen molar-refractivity contribution < 1.29 is 0 Å². The smallest absolute Gasteiger partial charge is 0.201 e. The Balaban J connectivity index is 2.13. The molecule has 0 aliphatic heterocycles. The third-order valence-corrected chi connectivity index (χ3v) is 4.07. The first-order valence-electron chi connectivity index (χ1n) is 5.14. The third-order valence-electron chi connectivity index (χ3n) is 2.58. The summed E-state index contributed by atoms with van der Waals surface area (Å²) in [5, 5.41) is 0.541. The Morgan fingerprint density at radius 2 is 2.11 bits per heavy atom. The molecule has 0 aliphatic carbocycles. The molecule has 7 heteroatoms. The highest BCUT2D eigenvalue weighted by molar-refractivity contribution is 7.16. The lowest BCUT2D eigenvalue weighted by atomic mass is 10.4. The van der Waals surface area contributed by atoms with E-state index >= 15 is 0 Å². The molecule has 3 aromatic heterocycles. The van der Waals surface area contributed by atoms with Crippen molar-refractivity contribution in [3.05, 3.63) is 38.8 Å². The van der Waals surface area contributed by atoms with Crippen LogP contribution < -0.4 is 5.73 Å². The van der Waals surface area contributed by atoms with Gasteiger partial charge in [0.2, 0.25) is 5.95 Å². The largest absolute Gasteiger partial charge is 0.369 e. The van der Waals surface area contributed by atoms with Crippen LogP contribution in [0.25, 0.3) is 11.0 Å². The summed E-state index contributed by atoms with van der Waals surface area (Å²) in [6.07, 6.45) is 3.23. The summed E-state index contributed by atoms with van der Waals surface area (Å²) < 4.78 is 2.61. The molecule has 0 aliphatic rings. The average Bonchev–Trinajstić information content (AvgIpc) is 2.85. The number of aromatic nitrogens is 3. The number of fused-ring (bicyclic) bond motifs is 1. The van der Waals surface area contributed by atoms with Gasteiger partial charge in [0, 0.05) is 11.1 Å². The van der Waals surface area contributed by atoms with Gasteiger partial charge in [0.05, 0.1) is 27.6 Å². The number of nitrogen functional groups attached to an aromatic ring is 1. The van der Waals surface area contributed by atoms with Gasteiger partial charge in [-0.05, 0) is 12.1 Å². The van der Waals surface area contributed by atoms with Crippen molar-refractivity contribution in [2.75, 3.05) is 5.73 Å². The van der Waals surface area contributed by atoms with Crippen LogP contribution in [0.5, 0.6) is 0 Å². The Morgan fingerprint density at radius 3 is 2.83 bits per heavy atom. The van der Waals surface area contributed by atoms with E-state index in [0.717, 1.165) is 14.7 Å². The summed E-state index contributed by atoms with van der Waals surface area (Å²) in [7, 11) is 0. The van der Waals surface area contributed by atoms with E-state index in [-0.39, 0.29) is 0 Å². The van der Waals surface area contributed by atoms with Gasteiger partial charge >= 0.3 is 0 Å². The summed E-state index contributed by atoms with van der Waals surface area (Å²) in [5.41, 5.74) is 7.41. The number of nitrogens with zero attached hydrogens (tertiary/aromatic N) is 3. The maximum absolute atomic E-state index is 6.15. The molecule has 0 radical (unpaired) electrons. The molecule has 0 bridgehead atoms. The van der Waals surface area contributed by atoms with Gasteiger partial charge < -0.3 is 10.3 Å². The van der Waals surface area contributed by atoms with Crippen molar-refractivity contribution in [1.29, 1.82) is 0 Å². The minimum absolute atomic E-state index is 0.421. The first kappa shape index (κ1) is 11.8. The van der Waals surface area contributed by atoms with Gasteiger partial charge in [-0.3, -0.25) is 4.98 Å². The molecular weight excluding hydrogens is 291 g/mol. The van der Waals surface area contributed by atoms with E-state index in [9.17, 15) is 0 Å². The molecule has 3 heterocycles. The van der Waals surface area contributed by atoms with Gasteiger partial charge in [-0.2, -0.15) is 0 Å². The second-order valence-corrected chi connectivity index (χ2v) is 5.96. The Morgan fingerprint density at radius 1 is 1.28 bits per heavy atom. The lowest BCUT2D eigenvalue weighted by molar-refractivity contribution is 0.852. The maximum Gasteiger partial charge on any atom is 0.201 e. The Hall–Kier alpha value is -1.30. The summed E-state index contributed by atoms with van der Waals surface area (Å²) in [6.45, 7) is 0.601. The van der Waals surface area contributed by atoms with E-state index in [1.54, 1.807) is 12.4 Å². The summed E-state index contributed by atoms with van der Waals surface area (Å²) >= 11 is 13.6. The fourth-order valence-corrected chi connectivity index (χ4v) is 3.15. The van der Waals surface area contributed by atoms with Crippen LogP contribution in [0.15, 0.2) is 24.5 Å². The molecule has 2 N–H and O–H groups in total. The van der Waals surface area contributed by atoms with Crippen molar-refractivity contribution >= 4 is 51.5 Å². The second kappa shape index (κ2) is 4.42. The SMILES string of the molecule is Nc1nc2cncc(Cl)c2n1Cc1ccc(Cl)s1. The zero-order valence-electron chi connectivity index (χ0n) is 9.10. The van der Waals surface area contributed by atoms with Crippen molar-refractivity contribution in [2.45, 2.75) is 6.54 Å². The number of halogens is 2.